The zero-order valence-electron chi connectivity index (χ0n) is 11.6. The Labute approximate surface area is 118 Å². The molecule has 1 aliphatic rings. The first kappa shape index (κ1) is 14.5. The van der Waals surface area contributed by atoms with Gasteiger partial charge in [-0.1, -0.05) is 0 Å². The summed E-state index contributed by atoms with van der Waals surface area (Å²) in [5.41, 5.74) is 1.45. The van der Waals surface area contributed by atoms with Crippen LogP contribution in [0.1, 0.15) is 24.3 Å². The summed E-state index contributed by atoms with van der Waals surface area (Å²) in [6.07, 6.45) is 0.783. The Morgan fingerprint density at radius 2 is 2.47 bits per heavy atom. The largest absolute Gasteiger partial charge is 0.369 e. The summed E-state index contributed by atoms with van der Waals surface area (Å²) in [6.45, 7) is 7.95. The normalized spacial score (nSPS) is 16.9. The standard InChI is InChI=1S/C14H22N2O2S/c1-3-18-11(2)14(17)15-6-8-16-7-4-13-12(10-16)5-9-19-13/h5,9,11H,3-4,6-8,10H2,1-2H3,(H,15,17)/t11-/m1/s1. The lowest BCUT2D eigenvalue weighted by molar-refractivity contribution is -0.131. The van der Waals surface area contributed by atoms with Crippen LogP contribution < -0.4 is 5.32 Å². The molecule has 1 aromatic heterocycles. The van der Waals surface area contributed by atoms with Gasteiger partial charge >= 0.3 is 0 Å². The number of rotatable bonds is 6. The van der Waals surface area contributed by atoms with Crippen molar-refractivity contribution < 1.29 is 9.53 Å². The monoisotopic (exact) mass is 282 g/mol. The van der Waals surface area contributed by atoms with E-state index >= 15 is 0 Å². The van der Waals surface area contributed by atoms with Crippen LogP contribution in [0.2, 0.25) is 0 Å². The molecular weight excluding hydrogens is 260 g/mol. The highest BCUT2D eigenvalue weighted by Crippen LogP contribution is 2.23. The molecule has 5 heteroatoms. The van der Waals surface area contributed by atoms with Gasteiger partial charge in [-0.25, -0.2) is 0 Å². The molecule has 1 aliphatic heterocycles. The first-order chi connectivity index (χ1) is 9.20. The summed E-state index contributed by atoms with van der Waals surface area (Å²) < 4.78 is 5.26. The molecule has 0 spiro atoms. The van der Waals surface area contributed by atoms with Gasteiger partial charge < -0.3 is 10.1 Å². The van der Waals surface area contributed by atoms with Crippen molar-refractivity contribution in [3.8, 4) is 0 Å². The Morgan fingerprint density at radius 1 is 1.63 bits per heavy atom. The van der Waals surface area contributed by atoms with E-state index in [9.17, 15) is 4.79 Å². The molecule has 0 aromatic carbocycles. The van der Waals surface area contributed by atoms with Crippen molar-refractivity contribution in [2.24, 2.45) is 0 Å². The number of thiophene rings is 1. The third-order valence-electron chi connectivity index (χ3n) is 3.40. The third kappa shape index (κ3) is 4.03. The Bertz CT molecular complexity index is 419. The molecule has 1 N–H and O–H groups in total. The highest BCUT2D eigenvalue weighted by molar-refractivity contribution is 7.10. The zero-order chi connectivity index (χ0) is 13.7. The Balaban J connectivity index is 1.68. The van der Waals surface area contributed by atoms with E-state index in [0.717, 1.165) is 26.1 Å². The van der Waals surface area contributed by atoms with Crippen molar-refractivity contribution >= 4 is 17.2 Å². The number of hydrogen-bond acceptors (Lipinski definition) is 4. The molecule has 0 fully saturated rings. The van der Waals surface area contributed by atoms with E-state index in [0.29, 0.717) is 13.2 Å². The summed E-state index contributed by atoms with van der Waals surface area (Å²) in [5, 5.41) is 5.10. The minimum Gasteiger partial charge on any atom is -0.369 e. The predicted octanol–water partition coefficient (Wildman–Crippen LogP) is 1.65. The number of amides is 1. The van der Waals surface area contributed by atoms with Crippen LogP contribution in [0, 0.1) is 0 Å². The molecule has 0 saturated heterocycles. The second-order valence-electron chi connectivity index (χ2n) is 4.78. The Hall–Kier alpha value is -0.910. The van der Waals surface area contributed by atoms with Gasteiger partial charge in [-0.2, -0.15) is 0 Å². The number of nitrogens with zero attached hydrogens (tertiary/aromatic N) is 1. The van der Waals surface area contributed by atoms with Crippen molar-refractivity contribution in [3.63, 3.8) is 0 Å². The molecule has 106 valence electrons. The number of nitrogens with one attached hydrogen (secondary N) is 1. The van der Waals surface area contributed by atoms with E-state index in [1.165, 1.54) is 10.4 Å². The Morgan fingerprint density at radius 3 is 3.26 bits per heavy atom. The fraction of sp³-hybridized carbons (Fsp3) is 0.643. The number of carbonyl (C=O) groups excluding carboxylic acids is 1. The van der Waals surface area contributed by atoms with Crippen LogP contribution in [0.5, 0.6) is 0 Å². The molecule has 0 aliphatic carbocycles. The maximum absolute atomic E-state index is 11.7. The van der Waals surface area contributed by atoms with E-state index in [-0.39, 0.29) is 12.0 Å². The van der Waals surface area contributed by atoms with Gasteiger partial charge in [0.1, 0.15) is 6.10 Å². The topological polar surface area (TPSA) is 41.6 Å². The van der Waals surface area contributed by atoms with Gasteiger partial charge in [0.05, 0.1) is 0 Å². The number of fused-ring (bicyclic) bond motifs is 1. The average Bonchev–Trinajstić information content (AvgIpc) is 2.86. The molecule has 4 nitrogen and oxygen atoms in total. The van der Waals surface area contributed by atoms with Crippen LogP contribution in [0.15, 0.2) is 11.4 Å². The second-order valence-corrected chi connectivity index (χ2v) is 5.78. The minimum absolute atomic E-state index is 0.0184. The van der Waals surface area contributed by atoms with Crippen molar-refractivity contribution in [2.45, 2.75) is 32.9 Å². The summed E-state index contributed by atoms with van der Waals surface area (Å²) in [5.74, 6) is -0.0184. The van der Waals surface area contributed by atoms with Crippen LogP contribution in [0.25, 0.3) is 0 Å². The van der Waals surface area contributed by atoms with Crippen LogP contribution in [-0.2, 0) is 22.5 Å². The van der Waals surface area contributed by atoms with Crippen LogP contribution >= 0.6 is 11.3 Å². The maximum Gasteiger partial charge on any atom is 0.248 e. The van der Waals surface area contributed by atoms with Gasteiger partial charge in [-0.15, -0.1) is 11.3 Å². The molecule has 0 bridgehead atoms. The average molecular weight is 282 g/mol. The van der Waals surface area contributed by atoms with E-state index < -0.39 is 0 Å². The molecule has 1 amide bonds. The van der Waals surface area contributed by atoms with E-state index in [4.69, 9.17) is 4.74 Å². The van der Waals surface area contributed by atoms with Crippen molar-refractivity contribution in [1.82, 2.24) is 10.2 Å². The molecular formula is C14H22N2O2S. The molecule has 0 unspecified atom stereocenters. The lowest BCUT2D eigenvalue weighted by Gasteiger charge is -2.26. The number of carbonyl (C=O) groups is 1. The van der Waals surface area contributed by atoms with Gasteiger partial charge in [-0.05, 0) is 37.3 Å². The minimum atomic E-state index is -0.352. The molecule has 0 saturated carbocycles. The summed E-state index contributed by atoms with van der Waals surface area (Å²) >= 11 is 1.85. The van der Waals surface area contributed by atoms with Crippen molar-refractivity contribution in [1.29, 1.82) is 0 Å². The number of hydrogen-bond donors (Lipinski definition) is 1. The molecule has 19 heavy (non-hydrogen) atoms. The third-order valence-corrected chi connectivity index (χ3v) is 4.42. The molecule has 2 rings (SSSR count). The highest BCUT2D eigenvalue weighted by atomic mass is 32.1. The lowest BCUT2D eigenvalue weighted by Crippen LogP contribution is -2.41. The van der Waals surface area contributed by atoms with Crippen LogP contribution in [-0.4, -0.2) is 43.2 Å². The summed E-state index contributed by atoms with van der Waals surface area (Å²) in [7, 11) is 0. The predicted molar refractivity (Wildman–Crippen MR) is 77.4 cm³/mol. The van der Waals surface area contributed by atoms with Crippen molar-refractivity contribution in [3.05, 3.63) is 21.9 Å². The van der Waals surface area contributed by atoms with Crippen LogP contribution in [0.4, 0.5) is 0 Å². The highest BCUT2D eigenvalue weighted by Gasteiger charge is 2.17. The second kappa shape index (κ2) is 7.03. The van der Waals surface area contributed by atoms with Crippen LogP contribution in [0.3, 0.4) is 0 Å². The van der Waals surface area contributed by atoms with Gasteiger partial charge in [0.15, 0.2) is 0 Å². The fourth-order valence-electron chi connectivity index (χ4n) is 2.30. The Kier molecular flexibility index (Phi) is 5.36. The van der Waals surface area contributed by atoms with Gasteiger partial charge in [0.2, 0.25) is 5.91 Å². The smallest absolute Gasteiger partial charge is 0.248 e. The summed E-state index contributed by atoms with van der Waals surface area (Å²) in [6, 6.07) is 2.21. The quantitative estimate of drug-likeness (QED) is 0.862. The van der Waals surface area contributed by atoms with Crippen molar-refractivity contribution in [2.75, 3.05) is 26.2 Å². The lowest BCUT2D eigenvalue weighted by atomic mass is 10.1. The van der Waals surface area contributed by atoms with Gasteiger partial charge in [0.25, 0.3) is 0 Å². The van der Waals surface area contributed by atoms with E-state index in [1.54, 1.807) is 6.92 Å². The number of ether oxygens (including phenoxy) is 1. The molecule has 1 aromatic rings. The van der Waals surface area contributed by atoms with E-state index in [2.05, 4.69) is 21.7 Å². The van der Waals surface area contributed by atoms with Gasteiger partial charge in [0, 0.05) is 37.7 Å². The molecule has 0 radical (unpaired) electrons. The molecule has 1 atom stereocenters. The summed E-state index contributed by atoms with van der Waals surface area (Å²) in [4.78, 5) is 15.6. The zero-order valence-corrected chi connectivity index (χ0v) is 12.5. The first-order valence-corrected chi connectivity index (χ1v) is 7.75. The maximum atomic E-state index is 11.7. The molecule has 2 heterocycles. The fourth-order valence-corrected chi connectivity index (χ4v) is 3.19. The van der Waals surface area contributed by atoms with Gasteiger partial charge in [-0.3, -0.25) is 9.69 Å². The SMILES string of the molecule is CCO[C@H](C)C(=O)NCCN1CCc2sccc2C1. The van der Waals surface area contributed by atoms with E-state index in [1.807, 2.05) is 18.3 Å². The first-order valence-electron chi connectivity index (χ1n) is 6.87.